The highest BCUT2D eigenvalue weighted by Gasteiger charge is 2.24. The topological polar surface area (TPSA) is 41.4 Å². The predicted molar refractivity (Wildman–Crippen MR) is 120 cm³/mol. The van der Waals surface area contributed by atoms with E-state index in [2.05, 4.69) is 10.00 Å². The van der Waals surface area contributed by atoms with Crippen molar-refractivity contribution in [2.75, 3.05) is 37.3 Å². The van der Waals surface area contributed by atoms with Crippen LogP contribution < -0.4 is 4.90 Å². The number of carbonyl (C=O) groups is 1. The summed E-state index contributed by atoms with van der Waals surface area (Å²) in [6, 6.07) is 12.4. The van der Waals surface area contributed by atoms with Crippen molar-refractivity contribution in [2.45, 2.75) is 11.6 Å². The molecule has 1 amide bonds. The number of benzene rings is 2. The highest BCUT2D eigenvalue weighted by Crippen LogP contribution is 2.35. The van der Waals surface area contributed by atoms with Crippen LogP contribution in [0.3, 0.4) is 0 Å². The maximum atomic E-state index is 13.4. The minimum Gasteiger partial charge on any atom is -0.368 e. The van der Waals surface area contributed by atoms with Crippen LogP contribution >= 0.6 is 23.4 Å². The van der Waals surface area contributed by atoms with Gasteiger partial charge in [0, 0.05) is 37.4 Å². The largest absolute Gasteiger partial charge is 0.368 e. The first-order valence-electron chi connectivity index (χ1n) is 9.81. The fourth-order valence-corrected chi connectivity index (χ4v) is 4.57. The van der Waals surface area contributed by atoms with E-state index in [-0.39, 0.29) is 24.1 Å². The SMILES string of the molecule is CSc1nn(CC(=O)N2CCN(c3ccc(F)cc3)CC2)c(-c2ccc(F)cc2)c1Cl. The van der Waals surface area contributed by atoms with E-state index in [1.807, 2.05) is 6.26 Å². The van der Waals surface area contributed by atoms with E-state index in [0.717, 1.165) is 5.69 Å². The van der Waals surface area contributed by atoms with Crippen LogP contribution in [0.2, 0.25) is 5.02 Å². The molecule has 0 spiro atoms. The van der Waals surface area contributed by atoms with Crippen LogP contribution in [-0.2, 0) is 11.3 Å². The molecule has 162 valence electrons. The van der Waals surface area contributed by atoms with E-state index in [1.165, 1.54) is 36.0 Å². The van der Waals surface area contributed by atoms with Crippen molar-refractivity contribution in [3.05, 3.63) is 65.2 Å². The molecule has 0 aliphatic carbocycles. The van der Waals surface area contributed by atoms with E-state index in [9.17, 15) is 13.6 Å². The lowest BCUT2D eigenvalue weighted by Crippen LogP contribution is -2.49. The molecule has 0 N–H and O–H groups in total. The Bertz CT molecular complexity index is 1060. The molecule has 0 bridgehead atoms. The van der Waals surface area contributed by atoms with Gasteiger partial charge in [0.2, 0.25) is 5.91 Å². The zero-order valence-electron chi connectivity index (χ0n) is 16.9. The Morgan fingerprint density at radius 3 is 2.16 bits per heavy atom. The number of carbonyl (C=O) groups excluding carboxylic acids is 1. The Balaban J connectivity index is 1.47. The van der Waals surface area contributed by atoms with Crippen LogP contribution in [0.1, 0.15) is 0 Å². The number of halogens is 3. The fourth-order valence-electron chi connectivity index (χ4n) is 3.64. The van der Waals surface area contributed by atoms with E-state index < -0.39 is 0 Å². The van der Waals surface area contributed by atoms with E-state index in [1.54, 1.807) is 33.8 Å². The summed E-state index contributed by atoms with van der Waals surface area (Å²) in [6.07, 6.45) is 1.86. The second kappa shape index (κ2) is 9.28. The molecule has 1 aromatic heterocycles. The molecule has 3 aromatic rings. The van der Waals surface area contributed by atoms with Crippen LogP contribution in [0.15, 0.2) is 53.6 Å². The summed E-state index contributed by atoms with van der Waals surface area (Å²) in [5, 5.41) is 5.57. The summed E-state index contributed by atoms with van der Waals surface area (Å²) in [4.78, 5) is 16.9. The molecule has 0 unspecified atom stereocenters. The summed E-state index contributed by atoms with van der Waals surface area (Å²) in [6.45, 7) is 2.50. The maximum Gasteiger partial charge on any atom is 0.244 e. The van der Waals surface area contributed by atoms with Gasteiger partial charge in [0.15, 0.2) is 0 Å². The molecule has 9 heteroatoms. The first kappa shape index (κ1) is 21.6. The molecular weight excluding hydrogens is 442 g/mol. The number of hydrogen-bond donors (Lipinski definition) is 0. The Morgan fingerprint density at radius 1 is 1.00 bits per heavy atom. The van der Waals surface area contributed by atoms with Crippen molar-refractivity contribution < 1.29 is 13.6 Å². The van der Waals surface area contributed by atoms with Crippen LogP contribution in [0.5, 0.6) is 0 Å². The number of aromatic nitrogens is 2. The minimum absolute atomic E-state index is 0.0452. The quantitative estimate of drug-likeness (QED) is 0.521. The van der Waals surface area contributed by atoms with Crippen molar-refractivity contribution in [2.24, 2.45) is 0 Å². The van der Waals surface area contributed by atoms with Gasteiger partial charge in [-0.2, -0.15) is 5.10 Å². The standard InChI is InChI=1S/C22H21ClF2N4OS/c1-31-22-20(23)21(15-2-4-16(24)5-3-15)29(26-22)14-19(30)28-12-10-27(11-13-28)18-8-6-17(25)7-9-18/h2-9H,10-14H2,1H3. The molecule has 31 heavy (non-hydrogen) atoms. The summed E-state index contributed by atoms with van der Waals surface area (Å²) in [5.74, 6) is -0.669. The molecule has 4 rings (SSSR count). The number of anilines is 1. The van der Waals surface area contributed by atoms with Crippen molar-refractivity contribution >= 4 is 35.0 Å². The third-order valence-corrected chi connectivity index (χ3v) is 6.43. The summed E-state index contributed by atoms with van der Waals surface area (Å²) in [5.41, 5.74) is 2.24. The van der Waals surface area contributed by atoms with Gasteiger partial charge in [-0.15, -0.1) is 11.8 Å². The van der Waals surface area contributed by atoms with Crippen LogP contribution in [0.25, 0.3) is 11.3 Å². The molecule has 0 saturated carbocycles. The number of amides is 1. The van der Waals surface area contributed by atoms with Crippen LogP contribution in [0.4, 0.5) is 14.5 Å². The average Bonchev–Trinajstić information content (AvgIpc) is 3.10. The summed E-state index contributed by atoms with van der Waals surface area (Å²) < 4.78 is 28.1. The Hall–Kier alpha value is -2.58. The molecule has 1 aliphatic heterocycles. The van der Waals surface area contributed by atoms with E-state index >= 15 is 0 Å². The molecular formula is C22H21ClF2N4OS. The molecule has 2 aromatic carbocycles. The first-order valence-corrected chi connectivity index (χ1v) is 11.4. The third kappa shape index (κ3) is 4.70. The number of piperazine rings is 1. The van der Waals surface area contributed by atoms with Gasteiger partial charge in [-0.1, -0.05) is 11.6 Å². The zero-order valence-corrected chi connectivity index (χ0v) is 18.5. The second-order valence-corrected chi connectivity index (χ2v) is 8.35. The first-order chi connectivity index (χ1) is 15.0. The molecule has 0 atom stereocenters. The van der Waals surface area contributed by atoms with Crippen LogP contribution in [-0.4, -0.2) is 53.0 Å². The normalized spacial score (nSPS) is 14.2. The van der Waals surface area contributed by atoms with Gasteiger partial charge in [0.25, 0.3) is 0 Å². The van der Waals surface area contributed by atoms with Gasteiger partial charge in [-0.25, -0.2) is 8.78 Å². The highest BCUT2D eigenvalue weighted by molar-refractivity contribution is 7.98. The molecule has 2 heterocycles. The van der Waals surface area contributed by atoms with Gasteiger partial charge in [0.1, 0.15) is 28.2 Å². The Morgan fingerprint density at radius 2 is 1.58 bits per heavy atom. The zero-order chi connectivity index (χ0) is 22.0. The number of thioether (sulfide) groups is 1. The van der Waals surface area contributed by atoms with Gasteiger partial charge in [-0.3, -0.25) is 9.48 Å². The summed E-state index contributed by atoms with van der Waals surface area (Å²) in [7, 11) is 0. The van der Waals surface area contributed by atoms with Gasteiger partial charge >= 0.3 is 0 Å². The maximum absolute atomic E-state index is 13.4. The number of nitrogens with zero attached hydrogens (tertiary/aromatic N) is 4. The fraction of sp³-hybridized carbons (Fsp3) is 0.273. The summed E-state index contributed by atoms with van der Waals surface area (Å²) >= 11 is 7.91. The second-order valence-electron chi connectivity index (χ2n) is 7.18. The van der Waals surface area contributed by atoms with Gasteiger partial charge in [0.05, 0.1) is 5.69 Å². The Labute approximate surface area is 188 Å². The van der Waals surface area contributed by atoms with Gasteiger partial charge in [-0.05, 0) is 54.8 Å². The highest BCUT2D eigenvalue weighted by atomic mass is 35.5. The van der Waals surface area contributed by atoms with Crippen molar-refractivity contribution in [1.82, 2.24) is 14.7 Å². The molecule has 5 nitrogen and oxygen atoms in total. The molecule has 0 radical (unpaired) electrons. The number of rotatable bonds is 5. The van der Waals surface area contributed by atoms with Crippen molar-refractivity contribution in [3.63, 3.8) is 0 Å². The van der Waals surface area contributed by atoms with E-state index in [0.29, 0.717) is 47.5 Å². The van der Waals surface area contributed by atoms with E-state index in [4.69, 9.17) is 11.6 Å². The molecule has 1 saturated heterocycles. The third-order valence-electron chi connectivity index (χ3n) is 5.29. The minimum atomic E-state index is -0.342. The van der Waals surface area contributed by atoms with Crippen molar-refractivity contribution in [1.29, 1.82) is 0 Å². The molecule has 1 fully saturated rings. The number of hydrogen-bond acceptors (Lipinski definition) is 4. The molecule has 1 aliphatic rings. The van der Waals surface area contributed by atoms with Gasteiger partial charge < -0.3 is 9.80 Å². The predicted octanol–water partition coefficient (Wildman–Crippen LogP) is 4.55. The monoisotopic (exact) mass is 462 g/mol. The average molecular weight is 463 g/mol. The lowest BCUT2D eigenvalue weighted by atomic mass is 10.1. The lowest BCUT2D eigenvalue weighted by Gasteiger charge is -2.36. The lowest BCUT2D eigenvalue weighted by molar-refractivity contribution is -0.132. The Kier molecular flexibility index (Phi) is 6.48. The van der Waals surface area contributed by atoms with Crippen molar-refractivity contribution in [3.8, 4) is 11.3 Å². The smallest absolute Gasteiger partial charge is 0.244 e. The van der Waals surface area contributed by atoms with Crippen LogP contribution in [0, 0.1) is 11.6 Å².